The van der Waals surface area contributed by atoms with E-state index in [2.05, 4.69) is 29.3 Å². The summed E-state index contributed by atoms with van der Waals surface area (Å²) in [7, 11) is -0.688. The molecule has 108 valence electrons. The predicted molar refractivity (Wildman–Crippen MR) is 83.2 cm³/mol. The fraction of sp³-hybridized carbons (Fsp3) is 0.533. The van der Waals surface area contributed by atoms with E-state index in [1.807, 2.05) is 12.1 Å². The van der Waals surface area contributed by atoms with Gasteiger partial charge in [-0.2, -0.15) is 5.26 Å². The molecule has 2 rings (SSSR count). The maximum absolute atomic E-state index is 11.4. The second-order valence-corrected chi connectivity index (χ2v) is 6.67. The topological polar surface area (TPSA) is 56.1 Å². The van der Waals surface area contributed by atoms with Crippen LogP contribution in [0.4, 0.5) is 5.69 Å². The molecular weight excluding hydrogens is 270 g/mol. The molecule has 1 aromatic carbocycles. The molecule has 0 saturated carbocycles. The molecule has 1 fully saturated rings. The first-order chi connectivity index (χ1) is 9.74. The minimum atomic E-state index is -0.688. The lowest BCUT2D eigenvalue weighted by atomic mass is 10.1. The molecule has 0 unspecified atom stereocenters. The first-order valence-corrected chi connectivity index (χ1v) is 8.57. The van der Waals surface area contributed by atoms with Gasteiger partial charge in [-0.25, -0.2) is 0 Å². The zero-order chi connectivity index (χ0) is 14.4. The van der Waals surface area contributed by atoms with Gasteiger partial charge in [0.2, 0.25) is 0 Å². The third kappa shape index (κ3) is 3.81. The Morgan fingerprint density at radius 2 is 2.15 bits per heavy atom. The molecule has 1 aromatic rings. The molecule has 1 saturated heterocycles. The quantitative estimate of drug-likeness (QED) is 0.838. The van der Waals surface area contributed by atoms with Crippen molar-refractivity contribution in [3.63, 3.8) is 0 Å². The van der Waals surface area contributed by atoms with E-state index >= 15 is 0 Å². The molecule has 0 amide bonds. The van der Waals surface area contributed by atoms with Gasteiger partial charge >= 0.3 is 0 Å². The number of nitrogens with one attached hydrogen (secondary N) is 1. The van der Waals surface area contributed by atoms with Crippen LogP contribution in [0.2, 0.25) is 0 Å². The van der Waals surface area contributed by atoms with Crippen LogP contribution < -0.4 is 10.2 Å². The summed E-state index contributed by atoms with van der Waals surface area (Å²) in [5.74, 6) is 1.40. The standard InChI is InChI=1S/C15H21N3OS/c1-2-5-17-12-13-3-4-15(14(10-13)11-16)18-6-8-20(19)9-7-18/h3-4,10,17H,2,5-9,12H2,1H3. The van der Waals surface area contributed by atoms with Gasteiger partial charge in [-0.05, 0) is 30.7 Å². The molecular formula is C15H21N3OS. The van der Waals surface area contributed by atoms with Crippen LogP contribution >= 0.6 is 0 Å². The van der Waals surface area contributed by atoms with Gasteiger partial charge in [0, 0.05) is 41.9 Å². The summed E-state index contributed by atoms with van der Waals surface area (Å²) < 4.78 is 11.4. The highest BCUT2D eigenvalue weighted by Gasteiger charge is 2.18. The van der Waals surface area contributed by atoms with E-state index in [-0.39, 0.29) is 0 Å². The first-order valence-electron chi connectivity index (χ1n) is 7.08. The number of anilines is 1. The first kappa shape index (κ1) is 15.0. The van der Waals surface area contributed by atoms with E-state index < -0.39 is 10.8 Å². The maximum Gasteiger partial charge on any atom is 0.101 e. The third-order valence-corrected chi connectivity index (χ3v) is 4.73. The number of benzene rings is 1. The minimum Gasteiger partial charge on any atom is -0.369 e. The molecule has 1 aliphatic rings. The van der Waals surface area contributed by atoms with Gasteiger partial charge in [0.1, 0.15) is 6.07 Å². The smallest absolute Gasteiger partial charge is 0.101 e. The van der Waals surface area contributed by atoms with Crippen LogP contribution in [0, 0.1) is 11.3 Å². The number of hydrogen-bond donors (Lipinski definition) is 1. The van der Waals surface area contributed by atoms with Gasteiger partial charge < -0.3 is 10.2 Å². The highest BCUT2D eigenvalue weighted by molar-refractivity contribution is 7.85. The Bertz CT molecular complexity index is 514. The van der Waals surface area contributed by atoms with E-state index in [1.54, 1.807) is 0 Å². The second-order valence-electron chi connectivity index (χ2n) is 4.98. The number of nitrogens with zero attached hydrogens (tertiary/aromatic N) is 2. The molecule has 1 N–H and O–H groups in total. The van der Waals surface area contributed by atoms with Crippen LogP contribution in [0.5, 0.6) is 0 Å². The van der Waals surface area contributed by atoms with Crippen molar-refractivity contribution in [2.24, 2.45) is 0 Å². The largest absolute Gasteiger partial charge is 0.369 e. The van der Waals surface area contributed by atoms with Crippen molar-refractivity contribution < 1.29 is 4.21 Å². The zero-order valence-electron chi connectivity index (χ0n) is 11.9. The van der Waals surface area contributed by atoms with Crippen LogP contribution in [0.3, 0.4) is 0 Å². The highest BCUT2D eigenvalue weighted by Crippen LogP contribution is 2.22. The zero-order valence-corrected chi connectivity index (χ0v) is 12.7. The molecule has 0 aliphatic carbocycles. The summed E-state index contributed by atoms with van der Waals surface area (Å²) in [6.45, 7) is 5.47. The fourth-order valence-corrected chi connectivity index (χ4v) is 3.40. The van der Waals surface area contributed by atoms with Gasteiger partial charge in [0.25, 0.3) is 0 Å². The molecule has 0 spiro atoms. The Kier molecular flexibility index (Phi) is 5.57. The Balaban J connectivity index is 2.10. The molecule has 5 heteroatoms. The van der Waals surface area contributed by atoms with Crippen LogP contribution in [0.25, 0.3) is 0 Å². The average Bonchev–Trinajstić information content (AvgIpc) is 2.48. The van der Waals surface area contributed by atoms with Gasteiger partial charge in [-0.15, -0.1) is 0 Å². The summed E-state index contributed by atoms with van der Waals surface area (Å²) >= 11 is 0. The Morgan fingerprint density at radius 1 is 1.40 bits per heavy atom. The van der Waals surface area contributed by atoms with Gasteiger partial charge in [0.05, 0.1) is 11.3 Å². The Hall–Kier alpha value is -1.38. The van der Waals surface area contributed by atoms with Crippen molar-refractivity contribution >= 4 is 16.5 Å². The van der Waals surface area contributed by atoms with E-state index in [4.69, 9.17) is 0 Å². The van der Waals surface area contributed by atoms with E-state index in [0.29, 0.717) is 17.1 Å². The van der Waals surface area contributed by atoms with Crippen LogP contribution in [-0.4, -0.2) is 35.3 Å². The fourth-order valence-electron chi connectivity index (χ4n) is 2.35. The summed E-state index contributed by atoms with van der Waals surface area (Å²) in [4.78, 5) is 2.17. The van der Waals surface area contributed by atoms with Crippen LogP contribution in [0.15, 0.2) is 18.2 Å². The average molecular weight is 291 g/mol. The molecule has 0 atom stereocenters. The Morgan fingerprint density at radius 3 is 2.80 bits per heavy atom. The van der Waals surface area contributed by atoms with Crippen molar-refractivity contribution in [1.82, 2.24) is 5.32 Å². The van der Waals surface area contributed by atoms with E-state index in [9.17, 15) is 9.47 Å². The number of rotatable bonds is 5. The lowest BCUT2D eigenvalue weighted by Crippen LogP contribution is -2.38. The summed E-state index contributed by atoms with van der Waals surface area (Å²) in [6, 6.07) is 8.35. The van der Waals surface area contributed by atoms with Crippen molar-refractivity contribution in [3.05, 3.63) is 29.3 Å². The van der Waals surface area contributed by atoms with Crippen molar-refractivity contribution in [1.29, 1.82) is 5.26 Å². The van der Waals surface area contributed by atoms with E-state index in [0.717, 1.165) is 43.9 Å². The highest BCUT2D eigenvalue weighted by atomic mass is 32.2. The van der Waals surface area contributed by atoms with Gasteiger partial charge in [-0.1, -0.05) is 13.0 Å². The molecule has 20 heavy (non-hydrogen) atoms. The summed E-state index contributed by atoms with van der Waals surface area (Å²) in [5, 5.41) is 12.7. The lowest BCUT2D eigenvalue weighted by molar-refractivity contribution is 0.672. The van der Waals surface area contributed by atoms with Gasteiger partial charge in [-0.3, -0.25) is 4.21 Å². The molecule has 1 heterocycles. The number of nitriles is 1. The Labute approximate surface area is 123 Å². The summed E-state index contributed by atoms with van der Waals surface area (Å²) in [5.41, 5.74) is 2.83. The molecule has 1 aliphatic heterocycles. The number of hydrogen-bond acceptors (Lipinski definition) is 4. The predicted octanol–water partition coefficient (Wildman–Crippen LogP) is 1.63. The minimum absolute atomic E-state index is 0.688. The second kappa shape index (κ2) is 7.41. The normalized spacial score (nSPS) is 16.1. The van der Waals surface area contributed by atoms with E-state index in [1.165, 1.54) is 0 Å². The monoisotopic (exact) mass is 291 g/mol. The summed E-state index contributed by atoms with van der Waals surface area (Å²) in [6.07, 6.45) is 1.11. The van der Waals surface area contributed by atoms with Crippen molar-refractivity contribution in [2.45, 2.75) is 19.9 Å². The van der Waals surface area contributed by atoms with Crippen LogP contribution in [-0.2, 0) is 17.3 Å². The molecule has 4 nitrogen and oxygen atoms in total. The maximum atomic E-state index is 11.4. The van der Waals surface area contributed by atoms with Gasteiger partial charge in [0.15, 0.2) is 0 Å². The van der Waals surface area contributed by atoms with Crippen molar-refractivity contribution in [3.8, 4) is 6.07 Å². The van der Waals surface area contributed by atoms with Crippen molar-refractivity contribution in [2.75, 3.05) is 36.0 Å². The molecule has 0 aromatic heterocycles. The molecule has 0 radical (unpaired) electrons. The SMILES string of the molecule is CCCNCc1ccc(N2CCS(=O)CC2)c(C#N)c1. The third-order valence-electron chi connectivity index (χ3n) is 3.46. The van der Waals surface area contributed by atoms with Crippen LogP contribution in [0.1, 0.15) is 24.5 Å². The lowest BCUT2D eigenvalue weighted by Gasteiger charge is -2.29. The molecule has 0 bridgehead atoms.